The summed E-state index contributed by atoms with van der Waals surface area (Å²) in [5, 5.41) is 2.72. The van der Waals surface area contributed by atoms with Crippen LogP contribution in [0.5, 0.6) is 0 Å². The van der Waals surface area contributed by atoms with Gasteiger partial charge in [0.2, 0.25) is 0 Å². The minimum absolute atomic E-state index is 0.0309. The molecule has 3 aromatic rings. The topological polar surface area (TPSA) is 51.5 Å². The average Bonchev–Trinajstić information content (AvgIpc) is 3.17. The number of alkyl halides is 3. The third-order valence-corrected chi connectivity index (χ3v) is 4.09. The smallest absolute Gasteiger partial charge is 0.416 e. The predicted octanol–water partition coefficient (Wildman–Crippen LogP) is 5.04. The Bertz CT molecular complexity index is 946. The van der Waals surface area contributed by atoms with E-state index in [1.807, 2.05) is 24.3 Å². The first-order valence-electron chi connectivity index (χ1n) is 8.49. The molecule has 0 aliphatic heterocycles. The molecule has 0 bridgehead atoms. The summed E-state index contributed by atoms with van der Waals surface area (Å²) in [6, 6.07) is 15.3. The van der Waals surface area contributed by atoms with Gasteiger partial charge in [-0.15, -0.1) is 0 Å². The molecule has 2 aromatic carbocycles. The second-order valence-corrected chi connectivity index (χ2v) is 6.17. The van der Waals surface area contributed by atoms with Gasteiger partial charge in [-0.2, -0.15) is 13.2 Å². The molecule has 28 heavy (non-hydrogen) atoms. The molecule has 7 heteroatoms. The summed E-state index contributed by atoms with van der Waals surface area (Å²) in [5.41, 5.74) is 1.40. The van der Waals surface area contributed by atoms with E-state index in [1.54, 1.807) is 7.11 Å². The Hall–Kier alpha value is -3.06. The van der Waals surface area contributed by atoms with Crippen molar-refractivity contribution in [3.63, 3.8) is 0 Å². The van der Waals surface area contributed by atoms with Crippen LogP contribution in [0.15, 0.2) is 65.1 Å². The largest absolute Gasteiger partial charge is 0.451 e. The van der Waals surface area contributed by atoms with Crippen molar-refractivity contribution >= 4 is 5.91 Å². The van der Waals surface area contributed by atoms with Crippen molar-refractivity contribution in [2.24, 2.45) is 0 Å². The molecule has 1 N–H and O–H groups in total. The fraction of sp³-hybridized carbons (Fsp3) is 0.190. The van der Waals surface area contributed by atoms with Crippen LogP contribution in [0.25, 0.3) is 11.3 Å². The summed E-state index contributed by atoms with van der Waals surface area (Å²) in [5.74, 6) is -0.220. The van der Waals surface area contributed by atoms with Gasteiger partial charge in [0.15, 0.2) is 5.76 Å². The quantitative estimate of drug-likeness (QED) is 0.643. The molecule has 0 fully saturated rings. The van der Waals surface area contributed by atoms with Crippen LogP contribution in [0.4, 0.5) is 13.2 Å². The van der Waals surface area contributed by atoms with Crippen molar-refractivity contribution in [2.45, 2.75) is 19.3 Å². The monoisotopic (exact) mass is 389 g/mol. The third-order valence-electron chi connectivity index (χ3n) is 4.09. The fourth-order valence-electron chi connectivity index (χ4n) is 2.65. The van der Waals surface area contributed by atoms with E-state index in [2.05, 4.69) is 5.32 Å². The Labute approximate surface area is 159 Å². The van der Waals surface area contributed by atoms with Crippen molar-refractivity contribution in [3.8, 4) is 11.3 Å². The van der Waals surface area contributed by atoms with E-state index in [0.29, 0.717) is 13.2 Å². The SMILES string of the molecule is COCc1ccc(CNC(=O)c2ccc(-c3cccc(C(F)(F)F)c3)o2)cc1. The Morgan fingerprint density at radius 3 is 2.43 bits per heavy atom. The molecular formula is C21H18F3NO3. The van der Waals surface area contributed by atoms with Crippen LogP contribution >= 0.6 is 0 Å². The zero-order chi connectivity index (χ0) is 20.1. The highest BCUT2D eigenvalue weighted by Crippen LogP contribution is 2.32. The van der Waals surface area contributed by atoms with E-state index in [0.717, 1.165) is 23.3 Å². The first-order chi connectivity index (χ1) is 13.4. The highest BCUT2D eigenvalue weighted by Gasteiger charge is 2.30. The van der Waals surface area contributed by atoms with Crippen LogP contribution in [0.2, 0.25) is 0 Å². The van der Waals surface area contributed by atoms with Crippen molar-refractivity contribution < 1.29 is 27.1 Å². The molecule has 0 atom stereocenters. The van der Waals surface area contributed by atoms with E-state index in [1.165, 1.54) is 24.3 Å². The van der Waals surface area contributed by atoms with Crippen LogP contribution in [-0.4, -0.2) is 13.0 Å². The van der Waals surface area contributed by atoms with Gasteiger partial charge in [-0.25, -0.2) is 0 Å². The van der Waals surface area contributed by atoms with Crippen LogP contribution < -0.4 is 5.32 Å². The number of carbonyl (C=O) groups is 1. The Balaban J connectivity index is 1.66. The summed E-state index contributed by atoms with van der Waals surface area (Å²) in [6.07, 6.45) is -4.44. The van der Waals surface area contributed by atoms with E-state index < -0.39 is 17.6 Å². The average molecular weight is 389 g/mol. The molecule has 3 rings (SSSR count). The number of hydrogen-bond acceptors (Lipinski definition) is 3. The predicted molar refractivity (Wildman–Crippen MR) is 97.5 cm³/mol. The minimum atomic E-state index is -4.44. The molecular weight excluding hydrogens is 371 g/mol. The van der Waals surface area contributed by atoms with Gasteiger partial charge >= 0.3 is 6.18 Å². The molecule has 0 spiro atoms. The summed E-state index contributed by atoms with van der Waals surface area (Å²) in [7, 11) is 1.62. The highest BCUT2D eigenvalue weighted by atomic mass is 19.4. The lowest BCUT2D eigenvalue weighted by Gasteiger charge is -2.07. The number of furan rings is 1. The number of nitrogens with one attached hydrogen (secondary N) is 1. The van der Waals surface area contributed by atoms with E-state index in [4.69, 9.17) is 9.15 Å². The van der Waals surface area contributed by atoms with E-state index >= 15 is 0 Å². The summed E-state index contributed by atoms with van der Waals surface area (Å²) in [4.78, 5) is 12.3. The van der Waals surface area contributed by atoms with Gasteiger partial charge in [0.1, 0.15) is 5.76 Å². The van der Waals surface area contributed by atoms with Crippen molar-refractivity contribution in [2.75, 3.05) is 7.11 Å². The summed E-state index contributed by atoms with van der Waals surface area (Å²) < 4.78 is 49.0. The zero-order valence-electron chi connectivity index (χ0n) is 15.0. The standard InChI is InChI=1S/C21H18F3NO3/c1-27-13-15-7-5-14(6-8-15)12-25-20(26)19-10-9-18(28-19)16-3-2-4-17(11-16)21(22,23)24/h2-11H,12-13H2,1H3,(H,25,26). The third kappa shape index (κ3) is 4.80. The van der Waals surface area contributed by atoms with Gasteiger partial charge in [-0.05, 0) is 35.4 Å². The van der Waals surface area contributed by atoms with Crippen molar-refractivity contribution in [1.82, 2.24) is 5.32 Å². The van der Waals surface area contributed by atoms with Gasteiger partial charge < -0.3 is 14.5 Å². The van der Waals surface area contributed by atoms with E-state index in [-0.39, 0.29) is 17.1 Å². The van der Waals surface area contributed by atoms with Crippen LogP contribution in [0.1, 0.15) is 27.2 Å². The molecule has 1 aromatic heterocycles. The first-order valence-corrected chi connectivity index (χ1v) is 8.49. The lowest BCUT2D eigenvalue weighted by molar-refractivity contribution is -0.137. The normalized spacial score (nSPS) is 11.4. The molecule has 0 aliphatic rings. The maximum Gasteiger partial charge on any atom is 0.416 e. The molecule has 1 heterocycles. The Morgan fingerprint density at radius 2 is 1.75 bits per heavy atom. The lowest BCUT2D eigenvalue weighted by atomic mass is 10.1. The zero-order valence-corrected chi connectivity index (χ0v) is 15.0. The molecule has 0 radical (unpaired) electrons. The van der Waals surface area contributed by atoms with Gasteiger partial charge in [-0.1, -0.05) is 36.4 Å². The van der Waals surface area contributed by atoms with Crippen LogP contribution in [0.3, 0.4) is 0 Å². The Kier molecular flexibility index (Phi) is 5.84. The number of halogens is 3. The summed E-state index contributed by atoms with van der Waals surface area (Å²) >= 11 is 0. The number of ether oxygens (including phenoxy) is 1. The number of amides is 1. The number of rotatable bonds is 6. The van der Waals surface area contributed by atoms with Gasteiger partial charge in [0, 0.05) is 19.2 Å². The number of hydrogen-bond donors (Lipinski definition) is 1. The Morgan fingerprint density at radius 1 is 1.04 bits per heavy atom. The molecule has 0 aliphatic carbocycles. The molecule has 0 saturated heterocycles. The summed E-state index contributed by atoms with van der Waals surface area (Å²) in [6.45, 7) is 0.809. The van der Waals surface area contributed by atoms with Crippen molar-refractivity contribution in [3.05, 3.63) is 83.1 Å². The van der Waals surface area contributed by atoms with Crippen molar-refractivity contribution in [1.29, 1.82) is 0 Å². The van der Waals surface area contributed by atoms with Gasteiger partial charge in [-0.3, -0.25) is 4.79 Å². The second-order valence-electron chi connectivity index (χ2n) is 6.17. The number of benzene rings is 2. The molecule has 146 valence electrons. The fourth-order valence-corrected chi connectivity index (χ4v) is 2.65. The number of carbonyl (C=O) groups excluding carboxylic acids is 1. The number of methoxy groups -OCH3 is 1. The van der Waals surface area contributed by atoms with Crippen LogP contribution in [0, 0.1) is 0 Å². The lowest BCUT2D eigenvalue weighted by Crippen LogP contribution is -2.22. The molecule has 1 amide bonds. The highest BCUT2D eigenvalue weighted by molar-refractivity contribution is 5.92. The van der Waals surface area contributed by atoms with Gasteiger partial charge in [0.25, 0.3) is 5.91 Å². The molecule has 4 nitrogen and oxygen atoms in total. The maximum atomic E-state index is 12.8. The maximum absolute atomic E-state index is 12.8. The van der Waals surface area contributed by atoms with E-state index in [9.17, 15) is 18.0 Å². The van der Waals surface area contributed by atoms with Crippen LogP contribution in [-0.2, 0) is 24.1 Å². The molecule has 0 unspecified atom stereocenters. The first kappa shape index (κ1) is 19.7. The molecule has 0 saturated carbocycles. The minimum Gasteiger partial charge on any atom is -0.451 e. The second kappa shape index (κ2) is 8.31. The van der Waals surface area contributed by atoms with Gasteiger partial charge in [0.05, 0.1) is 12.2 Å².